The summed E-state index contributed by atoms with van der Waals surface area (Å²) in [6, 6.07) is 5.09. The number of nitrogens with one attached hydrogen (secondary N) is 1. The summed E-state index contributed by atoms with van der Waals surface area (Å²) in [6.07, 6.45) is 1.19. The van der Waals surface area contributed by atoms with Gasteiger partial charge in [0.2, 0.25) is 0 Å². The van der Waals surface area contributed by atoms with E-state index in [0.29, 0.717) is 29.9 Å². The number of hydrogen-bond donors (Lipinski definition) is 1. The standard InChI is InChI=1S/C15H21FN2O/c1-15(5-6-17-10-15)11-18-7-8-19-14-4-2-3-13(16)12(14)9-18/h2-4,17H,5-11H2,1H3. The van der Waals surface area contributed by atoms with Gasteiger partial charge in [0.05, 0.1) is 0 Å². The largest absolute Gasteiger partial charge is 0.492 e. The van der Waals surface area contributed by atoms with Crippen LogP contribution in [-0.2, 0) is 6.54 Å². The van der Waals surface area contributed by atoms with E-state index in [2.05, 4.69) is 17.1 Å². The zero-order valence-electron chi connectivity index (χ0n) is 11.4. The van der Waals surface area contributed by atoms with Gasteiger partial charge in [-0.05, 0) is 30.5 Å². The van der Waals surface area contributed by atoms with Crippen molar-refractivity contribution in [1.29, 1.82) is 0 Å². The van der Waals surface area contributed by atoms with Gasteiger partial charge in [0.1, 0.15) is 18.2 Å². The molecule has 1 N–H and O–H groups in total. The summed E-state index contributed by atoms with van der Waals surface area (Å²) >= 11 is 0. The van der Waals surface area contributed by atoms with Crippen molar-refractivity contribution in [3.05, 3.63) is 29.6 Å². The number of nitrogens with zero attached hydrogens (tertiary/aromatic N) is 1. The van der Waals surface area contributed by atoms with Gasteiger partial charge < -0.3 is 10.1 Å². The highest BCUT2D eigenvalue weighted by Gasteiger charge is 2.31. The van der Waals surface area contributed by atoms with Crippen LogP contribution in [0.3, 0.4) is 0 Å². The van der Waals surface area contributed by atoms with Crippen LogP contribution in [0.2, 0.25) is 0 Å². The molecule has 0 aromatic heterocycles. The third kappa shape index (κ3) is 2.74. The SMILES string of the molecule is CC1(CN2CCOc3cccc(F)c3C2)CCNC1. The second-order valence-corrected chi connectivity index (χ2v) is 6.01. The Hall–Kier alpha value is -1.13. The van der Waals surface area contributed by atoms with Crippen LogP contribution >= 0.6 is 0 Å². The van der Waals surface area contributed by atoms with E-state index in [1.54, 1.807) is 6.07 Å². The van der Waals surface area contributed by atoms with Crippen LogP contribution in [0.15, 0.2) is 18.2 Å². The van der Waals surface area contributed by atoms with Crippen LogP contribution in [0.25, 0.3) is 0 Å². The van der Waals surface area contributed by atoms with E-state index in [1.165, 1.54) is 12.5 Å². The number of hydrogen-bond acceptors (Lipinski definition) is 3. The van der Waals surface area contributed by atoms with Crippen molar-refractivity contribution in [2.24, 2.45) is 5.41 Å². The summed E-state index contributed by atoms with van der Waals surface area (Å²) in [5.41, 5.74) is 1.00. The average molecular weight is 264 g/mol. The first-order valence-electron chi connectivity index (χ1n) is 7.00. The minimum Gasteiger partial charge on any atom is -0.492 e. The predicted molar refractivity (Wildman–Crippen MR) is 72.8 cm³/mol. The number of halogens is 1. The van der Waals surface area contributed by atoms with Crippen molar-refractivity contribution in [3.8, 4) is 5.75 Å². The van der Waals surface area contributed by atoms with Crippen molar-refractivity contribution in [2.45, 2.75) is 19.9 Å². The molecule has 3 rings (SSSR count). The molecular formula is C15H21FN2O. The Morgan fingerprint density at radius 3 is 3.16 bits per heavy atom. The molecule has 0 amide bonds. The van der Waals surface area contributed by atoms with Gasteiger partial charge in [-0.15, -0.1) is 0 Å². The lowest BCUT2D eigenvalue weighted by molar-refractivity contribution is 0.157. The first-order chi connectivity index (χ1) is 9.16. The van der Waals surface area contributed by atoms with E-state index in [4.69, 9.17) is 4.74 Å². The lowest BCUT2D eigenvalue weighted by Gasteiger charge is -2.30. The fourth-order valence-corrected chi connectivity index (χ4v) is 3.09. The molecular weight excluding hydrogens is 243 g/mol. The highest BCUT2D eigenvalue weighted by molar-refractivity contribution is 5.35. The average Bonchev–Trinajstić information content (AvgIpc) is 2.68. The normalized spacial score (nSPS) is 27.7. The first-order valence-corrected chi connectivity index (χ1v) is 7.00. The molecule has 2 heterocycles. The van der Waals surface area contributed by atoms with Gasteiger partial charge >= 0.3 is 0 Å². The molecule has 2 aliphatic rings. The molecule has 4 heteroatoms. The summed E-state index contributed by atoms with van der Waals surface area (Å²) in [7, 11) is 0. The Morgan fingerprint density at radius 1 is 1.47 bits per heavy atom. The summed E-state index contributed by atoms with van der Waals surface area (Å²) in [4.78, 5) is 2.32. The highest BCUT2D eigenvalue weighted by Crippen LogP contribution is 2.30. The molecule has 1 unspecified atom stereocenters. The maximum atomic E-state index is 13.9. The third-order valence-corrected chi connectivity index (χ3v) is 4.19. The van der Waals surface area contributed by atoms with Crippen molar-refractivity contribution in [3.63, 3.8) is 0 Å². The maximum Gasteiger partial charge on any atom is 0.131 e. The molecule has 1 aromatic carbocycles. The van der Waals surface area contributed by atoms with Gasteiger partial charge in [-0.3, -0.25) is 4.90 Å². The molecule has 104 valence electrons. The Morgan fingerprint density at radius 2 is 2.37 bits per heavy atom. The van der Waals surface area contributed by atoms with E-state index >= 15 is 0 Å². The summed E-state index contributed by atoms with van der Waals surface area (Å²) in [5, 5.41) is 3.42. The van der Waals surface area contributed by atoms with Gasteiger partial charge in [-0.2, -0.15) is 0 Å². The second kappa shape index (κ2) is 5.10. The molecule has 2 aliphatic heterocycles. The molecule has 1 saturated heterocycles. The minimum absolute atomic E-state index is 0.154. The van der Waals surface area contributed by atoms with Gasteiger partial charge in [-0.25, -0.2) is 4.39 Å². The molecule has 3 nitrogen and oxygen atoms in total. The Kier molecular flexibility index (Phi) is 3.46. The third-order valence-electron chi connectivity index (χ3n) is 4.19. The topological polar surface area (TPSA) is 24.5 Å². The van der Waals surface area contributed by atoms with Crippen LogP contribution in [0.1, 0.15) is 18.9 Å². The zero-order chi connectivity index (χ0) is 13.3. The predicted octanol–water partition coefficient (Wildman–Crippen LogP) is 2.02. The Bertz CT molecular complexity index is 457. The monoisotopic (exact) mass is 264 g/mol. The number of fused-ring (bicyclic) bond motifs is 1. The quantitative estimate of drug-likeness (QED) is 0.884. The molecule has 0 saturated carbocycles. The van der Waals surface area contributed by atoms with E-state index < -0.39 is 0 Å². The molecule has 1 atom stereocenters. The molecule has 0 bridgehead atoms. The van der Waals surface area contributed by atoms with Crippen molar-refractivity contribution in [1.82, 2.24) is 10.2 Å². The fourth-order valence-electron chi connectivity index (χ4n) is 3.09. The van der Waals surface area contributed by atoms with Gasteiger partial charge in [0.15, 0.2) is 0 Å². The second-order valence-electron chi connectivity index (χ2n) is 6.01. The fraction of sp³-hybridized carbons (Fsp3) is 0.600. The van der Waals surface area contributed by atoms with Crippen LogP contribution in [-0.4, -0.2) is 37.7 Å². The molecule has 0 radical (unpaired) electrons. The first kappa shape index (κ1) is 12.9. The van der Waals surface area contributed by atoms with Crippen molar-refractivity contribution < 1.29 is 9.13 Å². The van der Waals surface area contributed by atoms with Crippen LogP contribution in [0.4, 0.5) is 4.39 Å². The Labute approximate surface area is 113 Å². The minimum atomic E-state index is -0.154. The number of rotatable bonds is 2. The lowest BCUT2D eigenvalue weighted by Crippen LogP contribution is -2.38. The van der Waals surface area contributed by atoms with Crippen LogP contribution in [0, 0.1) is 11.2 Å². The van der Waals surface area contributed by atoms with Gasteiger partial charge in [-0.1, -0.05) is 13.0 Å². The number of benzene rings is 1. The molecule has 0 spiro atoms. The summed E-state index contributed by atoms with van der Waals surface area (Å²) in [6.45, 7) is 7.60. The molecule has 19 heavy (non-hydrogen) atoms. The Balaban J connectivity index is 1.76. The highest BCUT2D eigenvalue weighted by atomic mass is 19.1. The van der Waals surface area contributed by atoms with Crippen LogP contribution in [0.5, 0.6) is 5.75 Å². The lowest BCUT2D eigenvalue weighted by atomic mass is 9.89. The van der Waals surface area contributed by atoms with Gasteiger partial charge in [0.25, 0.3) is 0 Å². The van der Waals surface area contributed by atoms with Crippen molar-refractivity contribution >= 4 is 0 Å². The van der Waals surface area contributed by atoms with E-state index in [-0.39, 0.29) is 5.82 Å². The molecule has 1 fully saturated rings. The molecule has 1 aromatic rings. The summed E-state index contributed by atoms with van der Waals surface area (Å²) in [5.74, 6) is 0.552. The summed E-state index contributed by atoms with van der Waals surface area (Å²) < 4.78 is 19.6. The zero-order valence-corrected chi connectivity index (χ0v) is 11.4. The van der Waals surface area contributed by atoms with E-state index in [0.717, 1.165) is 26.2 Å². The van der Waals surface area contributed by atoms with Crippen molar-refractivity contribution in [2.75, 3.05) is 32.8 Å². The number of ether oxygens (including phenoxy) is 1. The molecule has 0 aliphatic carbocycles. The smallest absolute Gasteiger partial charge is 0.131 e. The van der Waals surface area contributed by atoms with E-state index in [1.807, 2.05) is 6.07 Å². The van der Waals surface area contributed by atoms with Gasteiger partial charge in [0, 0.05) is 31.7 Å². The van der Waals surface area contributed by atoms with E-state index in [9.17, 15) is 4.39 Å². The maximum absolute atomic E-state index is 13.9. The van der Waals surface area contributed by atoms with Crippen LogP contribution < -0.4 is 10.1 Å².